The standard InChI is InChI=1S/C14H18N2O2/c1-4-14(5-2,13(17)18)16-12-10(3)7-6-8-11(12)9-15/h6-8,16H,4-5H2,1-3H3,(H,17,18). The van der Waals surface area contributed by atoms with Gasteiger partial charge >= 0.3 is 5.97 Å². The number of carbonyl (C=O) groups is 1. The smallest absolute Gasteiger partial charge is 0.329 e. The van der Waals surface area contributed by atoms with E-state index in [2.05, 4.69) is 11.4 Å². The third-order valence-corrected chi connectivity index (χ3v) is 3.37. The predicted octanol–water partition coefficient (Wildman–Crippen LogP) is 2.92. The summed E-state index contributed by atoms with van der Waals surface area (Å²) in [5.41, 5.74) is 0.952. The summed E-state index contributed by atoms with van der Waals surface area (Å²) in [4.78, 5) is 11.5. The summed E-state index contributed by atoms with van der Waals surface area (Å²) in [5.74, 6) is -0.889. The SMILES string of the molecule is CCC(CC)(Nc1c(C)cccc1C#N)C(=O)O. The molecular weight excluding hydrogens is 228 g/mol. The second-order valence-electron chi connectivity index (χ2n) is 4.33. The Balaban J connectivity index is 3.25. The van der Waals surface area contributed by atoms with E-state index in [4.69, 9.17) is 5.26 Å². The van der Waals surface area contributed by atoms with Gasteiger partial charge in [0.1, 0.15) is 11.6 Å². The molecule has 0 aliphatic heterocycles. The van der Waals surface area contributed by atoms with Crippen LogP contribution in [-0.4, -0.2) is 16.6 Å². The summed E-state index contributed by atoms with van der Waals surface area (Å²) in [6.07, 6.45) is 0.913. The molecule has 4 nitrogen and oxygen atoms in total. The Bertz CT molecular complexity index is 485. The highest BCUT2D eigenvalue weighted by Crippen LogP contribution is 2.27. The molecule has 0 aliphatic carbocycles. The van der Waals surface area contributed by atoms with Crippen LogP contribution >= 0.6 is 0 Å². The third kappa shape index (κ3) is 2.45. The Morgan fingerprint density at radius 3 is 2.50 bits per heavy atom. The van der Waals surface area contributed by atoms with Crippen LogP contribution in [-0.2, 0) is 4.79 Å². The lowest BCUT2D eigenvalue weighted by molar-refractivity contribution is -0.142. The number of hydrogen-bond acceptors (Lipinski definition) is 3. The van der Waals surface area contributed by atoms with Crippen LogP contribution in [0.4, 0.5) is 5.69 Å². The molecule has 0 aromatic heterocycles. The normalized spacial score (nSPS) is 10.8. The van der Waals surface area contributed by atoms with E-state index in [1.54, 1.807) is 12.1 Å². The molecule has 0 bridgehead atoms. The zero-order chi connectivity index (χ0) is 13.8. The first-order chi connectivity index (χ1) is 8.50. The van der Waals surface area contributed by atoms with Gasteiger partial charge < -0.3 is 10.4 Å². The molecule has 0 aliphatic rings. The van der Waals surface area contributed by atoms with Gasteiger partial charge in [0.25, 0.3) is 0 Å². The molecule has 0 saturated carbocycles. The maximum Gasteiger partial charge on any atom is 0.329 e. The van der Waals surface area contributed by atoms with Gasteiger partial charge in [-0.2, -0.15) is 5.26 Å². The first kappa shape index (κ1) is 14.0. The Labute approximate surface area is 107 Å². The molecule has 96 valence electrons. The van der Waals surface area contributed by atoms with Crippen LogP contribution in [0.5, 0.6) is 0 Å². The molecule has 0 amide bonds. The number of benzene rings is 1. The van der Waals surface area contributed by atoms with E-state index in [9.17, 15) is 9.90 Å². The molecule has 4 heteroatoms. The van der Waals surface area contributed by atoms with E-state index < -0.39 is 11.5 Å². The van der Waals surface area contributed by atoms with Gasteiger partial charge in [-0.1, -0.05) is 26.0 Å². The van der Waals surface area contributed by atoms with Crippen molar-refractivity contribution in [3.63, 3.8) is 0 Å². The second kappa shape index (κ2) is 5.54. The van der Waals surface area contributed by atoms with E-state index in [-0.39, 0.29) is 0 Å². The summed E-state index contributed by atoms with van der Waals surface area (Å²) >= 11 is 0. The average Bonchev–Trinajstić information content (AvgIpc) is 2.37. The van der Waals surface area contributed by atoms with Crippen LogP contribution in [0.1, 0.15) is 37.8 Å². The minimum Gasteiger partial charge on any atom is -0.480 e. The number of carboxylic acids is 1. The van der Waals surface area contributed by atoms with Crippen molar-refractivity contribution in [2.75, 3.05) is 5.32 Å². The lowest BCUT2D eigenvalue weighted by Crippen LogP contribution is -2.45. The summed E-state index contributed by atoms with van der Waals surface area (Å²) in [7, 11) is 0. The fourth-order valence-electron chi connectivity index (χ4n) is 1.95. The number of anilines is 1. The molecule has 0 spiro atoms. The molecule has 0 radical (unpaired) electrons. The van der Waals surface area contributed by atoms with E-state index in [1.165, 1.54) is 0 Å². The molecule has 0 atom stereocenters. The highest BCUT2D eigenvalue weighted by Gasteiger charge is 2.35. The van der Waals surface area contributed by atoms with Crippen LogP contribution in [0, 0.1) is 18.3 Å². The summed E-state index contributed by atoms with van der Waals surface area (Å²) in [6, 6.07) is 7.43. The van der Waals surface area contributed by atoms with Gasteiger partial charge in [0.15, 0.2) is 0 Å². The van der Waals surface area contributed by atoms with Crippen LogP contribution in [0.2, 0.25) is 0 Å². The molecule has 1 rings (SSSR count). The number of aliphatic carboxylic acids is 1. The minimum atomic E-state index is -1.02. The van der Waals surface area contributed by atoms with Crippen molar-refractivity contribution in [3.8, 4) is 6.07 Å². The fraction of sp³-hybridized carbons (Fsp3) is 0.429. The zero-order valence-corrected chi connectivity index (χ0v) is 10.9. The van der Waals surface area contributed by atoms with Gasteiger partial charge in [0.2, 0.25) is 0 Å². The Hall–Kier alpha value is -2.02. The van der Waals surface area contributed by atoms with Crippen LogP contribution < -0.4 is 5.32 Å². The summed E-state index contributed by atoms with van der Waals surface area (Å²) in [5, 5.41) is 21.5. The fourth-order valence-corrected chi connectivity index (χ4v) is 1.95. The van der Waals surface area contributed by atoms with Gasteiger partial charge in [0.05, 0.1) is 11.3 Å². The first-order valence-corrected chi connectivity index (χ1v) is 6.02. The quantitative estimate of drug-likeness (QED) is 0.837. The molecule has 0 fully saturated rings. The average molecular weight is 246 g/mol. The van der Waals surface area contributed by atoms with Crippen LogP contribution in [0.25, 0.3) is 0 Å². The zero-order valence-electron chi connectivity index (χ0n) is 10.9. The van der Waals surface area contributed by atoms with Gasteiger partial charge in [-0.15, -0.1) is 0 Å². The highest BCUT2D eigenvalue weighted by molar-refractivity contribution is 5.84. The van der Waals surface area contributed by atoms with Crippen molar-refractivity contribution in [2.45, 2.75) is 39.2 Å². The number of hydrogen-bond donors (Lipinski definition) is 2. The van der Waals surface area contributed by atoms with E-state index in [0.29, 0.717) is 24.1 Å². The largest absolute Gasteiger partial charge is 0.480 e. The summed E-state index contributed by atoms with van der Waals surface area (Å²) < 4.78 is 0. The first-order valence-electron chi connectivity index (χ1n) is 6.02. The van der Waals surface area contributed by atoms with Crippen molar-refractivity contribution in [2.24, 2.45) is 0 Å². The maximum absolute atomic E-state index is 11.5. The molecule has 0 heterocycles. The maximum atomic E-state index is 11.5. The monoisotopic (exact) mass is 246 g/mol. The highest BCUT2D eigenvalue weighted by atomic mass is 16.4. The lowest BCUT2D eigenvalue weighted by atomic mass is 9.91. The number of nitrogens with zero attached hydrogens (tertiary/aromatic N) is 1. The molecule has 2 N–H and O–H groups in total. The van der Waals surface area contributed by atoms with E-state index in [1.807, 2.05) is 26.8 Å². The van der Waals surface area contributed by atoms with E-state index >= 15 is 0 Å². The van der Waals surface area contributed by atoms with Crippen molar-refractivity contribution in [3.05, 3.63) is 29.3 Å². The molecule has 18 heavy (non-hydrogen) atoms. The van der Waals surface area contributed by atoms with Gasteiger partial charge in [-0.25, -0.2) is 4.79 Å². The summed E-state index contributed by atoms with van der Waals surface area (Å²) in [6.45, 7) is 5.52. The lowest BCUT2D eigenvalue weighted by Gasteiger charge is -2.30. The van der Waals surface area contributed by atoms with Crippen molar-refractivity contribution in [1.29, 1.82) is 5.26 Å². The van der Waals surface area contributed by atoms with Gasteiger partial charge in [-0.3, -0.25) is 0 Å². The van der Waals surface area contributed by atoms with Gasteiger partial charge in [-0.05, 0) is 31.4 Å². The number of para-hydroxylation sites is 1. The molecule has 1 aromatic rings. The Morgan fingerprint density at radius 2 is 2.06 bits per heavy atom. The molecular formula is C14H18N2O2. The third-order valence-electron chi connectivity index (χ3n) is 3.37. The number of nitrogens with one attached hydrogen (secondary N) is 1. The van der Waals surface area contributed by atoms with Crippen LogP contribution in [0.3, 0.4) is 0 Å². The minimum absolute atomic E-state index is 0.456. The van der Waals surface area contributed by atoms with Crippen molar-refractivity contribution < 1.29 is 9.90 Å². The topological polar surface area (TPSA) is 73.1 Å². The van der Waals surface area contributed by atoms with Gasteiger partial charge in [0, 0.05) is 0 Å². The number of aryl methyl sites for hydroxylation is 1. The molecule has 1 aromatic carbocycles. The predicted molar refractivity (Wildman–Crippen MR) is 70.5 cm³/mol. The van der Waals surface area contributed by atoms with Crippen molar-refractivity contribution in [1.82, 2.24) is 0 Å². The Kier molecular flexibility index (Phi) is 4.33. The molecule has 0 saturated heterocycles. The van der Waals surface area contributed by atoms with Crippen LogP contribution in [0.15, 0.2) is 18.2 Å². The Morgan fingerprint density at radius 1 is 1.44 bits per heavy atom. The molecule has 0 unspecified atom stereocenters. The number of rotatable bonds is 5. The number of nitriles is 1. The number of carboxylic acid groups (broad SMARTS) is 1. The second-order valence-corrected chi connectivity index (χ2v) is 4.33. The van der Waals surface area contributed by atoms with E-state index in [0.717, 1.165) is 5.56 Å². The van der Waals surface area contributed by atoms with Crippen molar-refractivity contribution >= 4 is 11.7 Å².